The van der Waals surface area contributed by atoms with Crippen molar-refractivity contribution in [3.05, 3.63) is 42.0 Å². The number of allylic oxidation sites excluding steroid dienone is 2. The highest BCUT2D eigenvalue weighted by Gasteiger charge is 2.52. The largest absolute Gasteiger partial charge is 0.303 e. The van der Waals surface area contributed by atoms with Crippen LogP contribution in [0.3, 0.4) is 0 Å². The maximum absolute atomic E-state index is 2.70. The number of benzene rings is 1. The van der Waals surface area contributed by atoms with E-state index in [9.17, 15) is 0 Å². The van der Waals surface area contributed by atoms with Crippen LogP contribution in [0.15, 0.2) is 36.4 Å². The smallest absolute Gasteiger partial charge is 0.00158 e. The van der Waals surface area contributed by atoms with Crippen LogP contribution < -0.4 is 0 Å². The molecule has 5 fully saturated rings. The van der Waals surface area contributed by atoms with Crippen LogP contribution in [0.2, 0.25) is 0 Å². The van der Waals surface area contributed by atoms with Gasteiger partial charge in [0.1, 0.15) is 0 Å². The summed E-state index contributed by atoms with van der Waals surface area (Å²) in [4.78, 5) is 2.70. The standard InChI is InChI=1S/C26H37N/c1-3-9-24(10-4-1)25(11-5-8-14-27-12-6-2-7-13-27)26-18-21-15-22(19-26)17-23(16-21)20-26/h1,3-4,9-11,21-23H,2,5-8,12-20H2. The van der Waals surface area contributed by atoms with E-state index in [0.717, 1.165) is 17.8 Å². The van der Waals surface area contributed by atoms with E-state index >= 15 is 0 Å². The zero-order chi connectivity index (χ0) is 18.1. The third-order valence-corrected chi connectivity index (χ3v) is 8.17. The molecule has 6 rings (SSSR count). The van der Waals surface area contributed by atoms with Gasteiger partial charge in [0.05, 0.1) is 0 Å². The van der Waals surface area contributed by atoms with Crippen molar-refractivity contribution in [3.8, 4) is 0 Å². The second-order valence-corrected chi connectivity index (χ2v) is 10.2. The fraction of sp³-hybridized carbons (Fsp3) is 0.692. The molecular formula is C26H37N. The van der Waals surface area contributed by atoms with Gasteiger partial charge in [0.15, 0.2) is 0 Å². The Hall–Kier alpha value is -1.08. The van der Waals surface area contributed by atoms with Gasteiger partial charge in [-0.2, -0.15) is 0 Å². The Labute approximate surface area is 166 Å². The van der Waals surface area contributed by atoms with E-state index in [1.807, 2.05) is 0 Å². The van der Waals surface area contributed by atoms with Crippen LogP contribution in [0.25, 0.3) is 5.57 Å². The molecule has 0 atom stereocenters. The molecule has 4 aliphatic carbocycles. The molecule has 1 aliphatic heterocycles. The molecule has 1 heteroatoms. The van der Waals surface area contributed by atoms with Gasteiger partial charge in [0.2, 0.25) is 0 Å². The van der Waals surface area contributed by atoms with Crippen molar-refractivity contribution >= 4 is 5.57 Å². The highest BCUT2D eigenvalue weighted by atomic mass is 15.1. The topological polar surface area (TPSA) is 3.24 Å². The van der Waals surface area contributed by atoms with Crippen molar-refractivity contribution in [2.24, 2.45) is 23.2 Å². The first kappa shape index (κ1) is 18.0. The average molecular weight is 364 g/mol. The van der Waals surface area contributed by atoms with Gasteiger partial charge >= 0.3 is 0 Å². The van der Waals surface area contributed by atoms with Crippen molar-refractivity contribution in [2.75, 3.05) is 19.6 Å². The van der Waals surface area contributed by atoms with E-state index < -0.39 is 0 Å². The summed E-state index contributed by atoms with van der Waals surface area (Å²) in [6, 6.07) is 11.4. The Balaban J connectivity index is 1.34. The molecule has 27 heavy (non-hydrogen) atoms. The van der Waals surface area contributed by atoms with Crippen LogP contribution >= 0.6 is 0 Å². The summed E-state index contributed by atoms with van der Waals surface area (Å²) in [7, 11) is 0. The predicted molar refractivity (Wildman–Crippen MR) is 115 cm³/mol. The summed E-state index contributed by atoms with van der Waals surface area (Å²) in [5.41, 5.74) is 3.78. The minimum atomic E-state index is 0.515. The molecule has 4 saturated carbocycles. The second kappa shape index (κ2) is 7.74. The van der Waals surface area contributed by atoms with Crippen molar-refractivity contribution < 1.29 is 0 Å². The van der Waals surface area contributed by atoms with Crippen LogP contribution in [-0.4, -0.2) is 24.5 Å². The molecule has 0 radical (unpaired) electrons. The Morgan fingerprint density at radius 1 is 0.889 bits per heavy atom. The first-order chi connectivity index (χ1) is 13.3. The molecule has 146 valence electrons. The molecule has 1 nitrogen and oxygen atoms in total. The number of unbranched alkanes of at least 4 members (excludes halogenated alkanes) is 1. The molecule has 0 spiro atoms. The fourth-order valence-electron chi connectivity index (χ4n) is 7.44. The molecule has 0 unspecified atom stereocenters. The number of piperidine rings is 1. The molecule has 1 aromatic rings. The second-order valence-electron chi connectivity index (χ2n) is 10.2. The molecule has 5 aliphatic rings. The van der Waals surface area contributed by atoms with Gasteiger partial charge in [-0.3, -0.25) is 0 Å². The van der Waals surface area contributed by atoms with E-state index in [4.69, 9.17) is 0 Å². The number of rotatable bonds is 6. The lowest BCUT2D eigenvalue weighted by Crippen LogP contribution is -2.46. The van der Waals surface area contributed by atoms with Crippen LogP contribution in [0.5, 0.6) is 0 Å². The molecule has 0 amide bonds. The molecule has 1 saturated heterocycles. The Bertz CT molecular complexity index is 617. The zero-order valence-electron chi connectivity index (χ0n) is 17.0. The van der Waals surface area contributed by atoms with Crippen molar-refractivity contribution in [3.63, 3.8) is 0 Å². The highest BCUT2D eigenvalue weighted by molar-refractivity contribution is 5.71. The van der Waals surface area contributed by atoms with Gasteiger partial charge in [-0.1, -0.05) is 42.8 Å². The van der Waals surface area contributed by atoms with Crippen LogP contribution in [0.1, 0.15) is 76.2 Å². The summed E-state index contributed by atoms with van der Waals surface area (Å²) in [6.45, 7) is 3.98. The monoisotopic (exact) mass is 363 g/mol. The van der Waals surface area contributed by atoms with E-state index in [2.05, 4.69) is 41.3 Å². The summed E-state index contributed by atoms with van der Waals surface area (Å²) < 4.78 is 0. The Kier molecular flexibility index (Phi) is 5.15. The number of hydrogen-bond donors (Lipinski definition) is 0. The van der Waals surface area contributed by atoms with Gasteiger partial charge < -0.3 is 4.90 Å². The minimum Gasteiger partial charge on any atom is -0.303 e. The van der Waals surface area contributed by atoms with Crippen LogP contribution in [0, 0.1) is 23.2 Å². The predicted octanol–water partition coefficient (Wildman–Crippen LogP) is 6.55. The quantitative estimate of drug-likeness (QED) is 0.518. The fourth-order valence-corrected chi connectivity index (χ4v) is 7.44. The molecule has 1 heterocycles. The maximum atomic E-state index is 2.70. The van der Waals surface area contributed by atoms with E-state index in [0.29, 0.717) is 5.41 Å². The average Bonchev–Trinajstić information content (AvgIpc) is 2.68. The summed E-state index contributed by atoms with van der Waals surface area (Å²) in [5.74, 6) is 3.07. The van der Waals surface area contributed by atoms with Gasteiger partial charge in [0, 0.05) is 0 Å². The summed E-state index contributed by atoms with van der Waals surface area (Å²) in [6.07, 6.45) is 18.6. The first-order valence-corrected chi connectivity index (χ1v) is 11.8. The third kappa shape index (κ3) is 3.77. The van der Waals surface area contributed by atoms with E-state index in [1.54, 1.807) is 5.57 Å². The summed E-state index contributed by atoms with van der Waals surface area (Å²) in [5, 5.41) is 0. The molecular weight excluding hydrogens is 326 g/mol. The number of likely N-dealkylation sites (tertiary alicyclic amines) is 1. The SMILES string of the molecule is C(CCCN1CCCCC1)=C(c1ccccc1)C12CC3CC(CC(C3)C1)C2. The van der Waals surface area contributed by atoms with Crippen molar-refractivity contribution in [2.45, 2.75) is 70.6 Å². The van der Waals surface area contributed by atoms with E-state index in [-0.39, 0.29) is 0 Å². The van der Waals surface area contributed by atoms with Gasteiger partial charge in [-0.15, -0.1) is 0 Å². The van der Waals surface area contributed by atoms with Crippen LogP contribution in [0.4, 0.5) is 0 Å². The normalized spacial score (nSPS) is 36.3. The first-order valence-electron chi connectivity index (χ1n) is 11.8. The van der Waals surface area contributed by atoms with E-state index in [1.165, 1.54) is 95.8 Å². The maximum Gasteiger partial charge on any atom is -0.00158 e. The molecule has 0 aromatic heterocycles. The lowest BCUT2D eigenvalue weighted by Gasteiger charge is -2.58. The Morgan fingerprint density at radius 2 is 1.52 bits per heavy atom. The number of nitrogens with zero attached hydrogens (tertiary/aromatic N) is 1. The Morgan fingerprint density at radius 3 is 2.15 bits per heavy atom. The van der Waals surface area contributed by atoms with Gasteiger partial charge in [-0.25, -0.2) is 0 Å². The molecule has 1 aromatic carbocycles. The lowest BCUT2D eigenvalue weighted by molar-refractivity contribution is -0.0178. The summed E-state index contributed by atoms with van der Waals surface area (Å²) >= 11 is 0. The van der Waals surface area contributed by atoms with Crippen molar-refractivity contribution in [1.82, 2.24) is 4.90 Å². The molecule has 4 bridgehead atoms. The highest BCUT2D eigenvalue weighted by Crippen LogP contribution is 2.64. The lowest BCUT2D eigenvalue weighted by atomic mass is 9.47. The van der Waals surface area contributed by atoms with Gasteiger partial charge in [-0.05, 0) is 118 Å². The zero-order valence-corrected chi connectivity index (χ0v) is 17.0. The van der Waals surface area contributed by atoms with Crippen molar-refractivity contribution in [1.29, 1.82) is 0 Å². The number of hydrogen-bond acceptors (Lipinski definition) is 1. The van der Waals surface area contributed by atoms with Crippen LogP contribution in [-0.2, 0) is 0 Å². The third-order valence-electron chi connectivity index (χ3n) is 8.17. The molecule has 0 N–H and O–H groups in total. The van der Waals surface area contributed by atoms with Gasteiger partial charge in [0.25, 0.3) is 0 Å². The minimum absolute atomic E-state index is 0.515.